The molecular formula is C13H24N4O2. The molecular weight excluding hydrogens is 244 g/mol. The van der Waals surface area contributed by atoms with E-state index in [-0.39, 0.29) is 11.5 Å². The molecule has 1 aromatic heterocycles. The van der Waals surface area contributed by atoms with Gasteiger partial charge >= 0.3 is 0 Å². The maximum atomic E-state index is 5.67. The molecule has 1 saturated heterocycles. The van der Waals surface area contributed by atoms with Crippen molar-refractivity contribution in [1.29, 1.82) is 0 Å². The summed E-state index contributed by atoms with van der Waals surface area (Å²) >= 11 is 0. The number of ether oxygens (including phenoxy) is 1. The summed E-state index contributed by atoms with van der Waals surface area (Å²) in [6.45, 7) is 10.4. The summed E-state index contributed by atoms with van der Waals surface area (Å²) in [4.78, 5) is 6.59. The highest BCUT2D eigenvalue weighted by atomic mass is 16.5. The van der Waals surface area contributed by atoms with Crippen molar-refractivity contribution in [2.75, 3.05) is 33.3 Å². The molecule has 2 rings (SSSR count). The molecule has 0 bridgehead atoms. The van der Waals surface area contributed by atoms with Crippen LogP contribution in [-0.2, 0) is 16.7 Å². The molecule has 0 amide bonds. The molecule has 1 unspecified atom stereocenters. The van der Waals surface area contributed by atoms with Crippen LogP contribution in [-0.4, -0.2) is 54.4 Å². The minimum atomic E-state index is -0.0727. The Hall–Kier alpha value is -0.980. The van der Waals surface area contributed by atoms with Crippen LogP contribution in [0.1, 0.15) is 32.5 Å². The topological polar surface area (TPSA) is 63.4 Å². The molecule has 0 spiro atoms. The van der Waals surface area contributed by atoms with Crippen LogP contribution < -0.4 is 5.32 Å². The molecule has 1 aliphatic rings. The fraction of sp³-hybridized carbons (Fsp3) is 0.846. The predicted octanol–water partition coefficient (Wildman–Crippen LogP) is 0.787. The molecule has 1 fully saturated rings. The number of hydrogen-bond acceptors (Lipinski definition) is 6. The van der Waals surface area contributed by atoms with Gasteiger partial charge in [-0.05, 0) is 7.05 Å². The van der Waals surface area contributed by atoms with Crippen LogP contribution in [0.3, 0.4) is 0 Å². The molecule has 108 valence electrons. The Kier molecular flexibility index (Phi) is 4.54. The first kappa shape index (κ1) is 14.4. The van der Waals surface area contributed by atoms with Gasteiger partial charge in [-0.3, -0.25) is 4.90 Å². The number of aromatic nitrogens is 2. The first-order chi connectivity index (χ1) is 8.95. The highest BCUT2D eigenvalue weighted by Crippen LogP contribution is 2.18. The highest BCUT2D eigenvalue weighted by molar-refractivity contribution is 4.99. The second kappa shape index (κ2) is 5.98. The Morgan fingerprint density at radius 3 is 2.79 bits per heavy atom. The Morgan fingerprint density at radius 2 is 2.21 bits per heavy atom. The third-order valence-corrected chi connectivity index (χ3v) is 3.06. The van der Waals surface area contributed by atoms with Crippen LogP contribution in [0.2, 0.25) is 0 Å². The molecule has 0 aromatic carbocycles. The van der Waals surface area contributed by atoms with Gasteiger partial charge in [0.1, 0.15) is 0 Å². The van der Waals surface area contributed by atoms with Gasteiger partial charge in [-0.2, -0.15) is 4.98 Å². The van der Waals surface area contributed by atoms with E-state index >= 15 is 0 Å². The Labute approximate surface area is 114 Å². The summed E-state index contributed by atoms with van der Waals surface area (Å²) in [6.07, 6.45) is 0.240. The van der Waals surface area contributed by atoms with Crippen molar-refractivity contribution in [3.63, 3.8) is 0 Å². The summed E-state index contributed by atoms with van der Waals surface area (Å²) < 4.78 is 11.0. The number of likely N-dealkylation sites (N-methyl/N-ethyl adjacent to an activating group) is 1. The summed E-state index contributed by atoms with van der Waals surface area (Å²) in [5.74, 6) is 1.42. The summed E-state index contributed by atoms with van der Waals surface area (Å²) in [7, 11) is 2.04. The zero-order valence-corrected chi connectivity index (χ0v) is 12.3. The fourth-order valence-corrected chi connectivity index (χ4v) is 2.00. The lowest BCUT2D eigenvalue weighted by Crippen LogP contribution is -2.44. The fourth-order valence-electron chi connectivity index (χ4n) is 2.00. The second-order valence-corrected chi connectivity index (χ2v) is 6.16. The third-order valence-electron chi connectivity index (χ3n) is 3.06. The Balaban J connectivity index is 1.84. The molecule has 6 heteroatoms. The number of hydrogen-bond donors (Lipinski definition) is 1. The van der Waals surface area contributed by atoms with E-state index < -0.39 is 0 Å². The quantitative estimate of drug-likeness (QED) is 0.871. The van der Waals surface area contributed by atoms with E-state index in [0.717, 1.165) is 32.1 Å². The zero-order valence-electron chi connectivity index (χ0n) is 12.3. The number of morpholine rings is 1. The largest absolute Gasteiger partial charge is 0.374 e. The van der Waals surface area contributed by atoms with Gasteiger partial charge in [-0.25, -0.2) is 0 Å². The van der Waals surface area contributed by atoms with Crippen molar-refractivity contribution < 1.29 is 9.26 Å². The Morgan fingerprint density at radius 1 is 1.42 bits per heavy atom. The Bertz CT molecular complexity index is 394. The smallest absolute Gasteiger partial charge is 0.240 e. The normalized spacial score (nSPS) is 21.0. The van der Waals surface area contributed by atoms with Crippen molar-refractivity contribution in [3.05, 3.63) is 11.7 Å². The minimum absolute atomic E-state index is 0.0727. The summed E-state index contributed by atoms with van der Waals surface area (Å²) in [6, 6.07) is 0. The molecule has 6 nitrogen and oxygen atoms in total. The molecule has 19 heavy (non-hydrogen) atoms. The average Bonchev–Trinajstić information content (AvgIpc) is 2.78. The molecule has 1 aromatic rings. The van der Waals surface area contributed by atoms with Crippen molar-refractivity contribution in [1.82, 2.24) is 20.4 Å². The van der Waals surface area contributed by atoms with Gasteiger partial charge in [-0.15, -0.1) is 0 Å². The molecule has 0 radical (unpaired) electrons. The van der Waals surface area contributed by atoms with Crippen molar-refractivity contribution >= 4 is 0 Å². The summed E-state index contributed by atoms with van der Waals surface area (Å²) in [5.41, 5.74) is -0.0727. The van der Waals surface area contributed by atoms with Gasteiger partial charge in [0, 0.05) is 25.0 Å². The van der Waals surface area contributed by atoms with E-state index in [1.54, 1.807) is 0 Å². The van der Waals surface area contributed by atoms with E-state index in [1.807, 2.05) is 7.05 Å². The molecule has 2 heterocycles. The maximum absolute atomic E-state index is 5.67. The minimum Gasteiger partial charge on any atom is -0.374 e. The van der Waals surface area contributed by atoms with Gasteiger partial charge in [0.05, 0.1) is 19.3 Å². The molecule has 0 saturated carbocycles. The lowest BCUT2D eigenvalue weighted by atomic mass is 9.96. The van der Waals surface area contributed by atoms with Crippen LogP contribution in [0.15, 0.2) is 4.52 Å². The number of nitrogens with one attached hydrogen (secondary N) is 1. The lowest BCUT2D eigenvalue weighted by molar-refractivity contribution is 0.00748. The van der Waals surface area contributed by atoms with E-state index in [2.05, 4.69) is 41.1 Å². The first-order valence-corrected chi connectivity index (χ1v) is 6.79. The molecule has 1 N–H and O–H groups in total. The molecule has 1 atom stereocenters. The first-order valence-electron chi connectivity index (χ1n) is 6.79. The molecule has 0 aliphatic carbocycles. The predicted molar refractivity (Wildman–Crippen MR) is 71.9 cm³/mol. The van der Waals surface area contributed by atoms with Gasteiger partial charge < -0.3 is 14.6 Å². The van der Waals surface area contributed by atoms with Crippen LogP contribution in [0, 0.1) is 0 Å². The average molecular weight is 268 g/mol. The van der Waals surface area contributed by atoms with Gasteiger partial charge in [0.2, 0.25) is 5.89 Å². The standard InChI is InChI=1S/C13H24N4O2/c1-13(2,3)12-15-11(19-16-12)9-17(4)8-10-7-14-5-6-18-10/h10,14H,5-9H2,1-4H3. The van der Waals surface area contributed by atoms with Crippen LogP contribution >= 0.6 is 0 Å². The molecule has 1 aliphatic heterocycles. The third kappa shape index (κ3) is 4.26. The van der Waals surface area contributed by atoms with Crippen molar-refractivity contribution in [2.24, 2.45) is 0 Å². The number of rotatable bonds is 4. The SMILES string of the molecule is CN(Cc1nc(C(C)(C)C)no1)CC1CNCCO1. The van der Waals surface area contributed by atoms with E-state index in [9.17, 15) is 0 Å². The van der Waals surface area contributed by atoms with Crippen LogP contribution in [0.5, 0.6) is 0 Å². The van der Waals surface area contributed by atoms with Gasteiger partial charge in [-0.1, -0.05) is 25.9 Å². The monoisotopic (exact) mass is 268 g/mol. The van der Waals surface area contributed by atoms with Gasteiger partial charge in [0.15, 0.2) is 5.82 Å². The van der Waals surface area contributed by atoms with Crippen molar-refractivity contribution in [2.45, 2.75) is 38.8 Å². The highest BCUT2D eigenvalue weighted by Gasteiger charge is 2.22. The van der Waals surface area contributed by atoms with Gasteiger partial charge in [0.25, 0.3) is 0 Å². The zero-order chi connectivity index (χ0) is 13.9. The van der Waals surface area contributed by atoms with Crippen molar-refractivity contribution in [3.8, 4) is 0 Å². The second-order valence-electron chi connectivity index (χ2n) is 6.16. The van der Waals surface area contributed by atoms with E-state index in [0.29, 0.717) is 12.4 Å². The van der Waals surface area contributed by atoms with Crippen LogP contribution in [0.25, 0.3) is 0 Å². The van der Waals surface area contributed by atoms with E-state index in [1.165, 1.54) is 0 Å². The van der Waals surface area contributed by atoms with E-state index in [4.69, 9.17) is 9.26 Å². The maximum Gasteiger partial charge on any atom is 0.240 e. The number of nitrogens with zero attached hydrogens (tertiary/aromatic N) is 3. The lowest BCUT2D eigenvalue weighted by Gasteiger charge is -2.27. The van der Waals surface area contributed by atoms with Crippen LogP contribution in [0.4, 0.5) is 0 Å². The summed E-state index contributed by atoms with van der Waals surface area (Å²) in [5, 5.41) is 7.36.